The third-order valence-electron chi connectivity index (χ3n) is 4.26. The maximum atomic E-state index is 13.8. The van der Waals surface area contributed by atoms with Crippen molar-refractivity contribution in [1.82, 2.24) is 14.9 Å². The summed E-state index contributed by atoms with van der Waals surface area (Å²) in [5.74, 6) is -0.328. The van der Waals surface area contributed by atoms with Crippen molar-refractivity contribution < 1.29 is 8.78 Å². The number of rotatable bonds is 3. The molecule has 0 saturated carbocycles. The summed E-state index contributed by atoms with van der Waals surface area (Å²) in [6.07, 6.45) is 1.15. The van der Waals surface area contributed by atoms with E-state index in [9.17, 15) is 13.6 Å². The van der Waals surface area contributed by atoms with Crippen molar-refractivity contribution in [3.63, 3.8) is 0 Å². The predicted molar refractivity (Wildman–Crippen MR) is 88.2 cm³/mol. The molecule has 1 aromatic carbocycles. The standard InChI is InChI=1S/C17H20F2N4O/c1-22(2)17-20-15-6-8-23(7-5-13(15)16(24)21-17)10-11-9-12(18)3-4-14(11)19/h3-4,9H,5-8,10H2,1-2H3,(H,20,21,24). The molecule has 0 atom stereocenters. The highest BCUT2D eigenvalue weighted by Gasteiger charge is 2.20. The number of fused-ring (bicyclic) bond motifs is 1. The van der Waals surface area contributed by atoms with Gasteiger partial charge >= 0.3 is 0 Å². The molecule has 0 radical (unpaired) electrons. The fourth-order valence-electron chi connectivity index (χ4n) is 2.92. The smallest absolute Gasteiger partial charge is 0.255 e. The number of anilines is 1. The Bertz CT molecular complexity index is 804. The van der Waals surface area contributed by atoms with Gasteiger partial charge in [-0.3, -0.25) is 14.7 Å². The fourth-order valence-corrected chi connectivity index (χ4v) is 2.92. The summed E-state index contributed by atoms with van der Waals surface area (Å²) in [6.45, 7) is 1.57. The average molecular weight is 334 g/mol. The molecule has 0 fully saturated rings. The van der Waals surface area contributed by atoms with E-state index in [-0.39, 0.29) is 5.56 Å². The second kappa shape index (κ2) is 6.68. The van der Waals surface area contributed by atoms with E-state index in [1.807, 2.05) is 19.0 Å². The van der Waals surface area contributed by atoms with Gasteiger partial charge in [0.25, 0.3) is 5.56 Å². The van der Waals surface area contributed by atoms with Crippen LogP contribution in [0.2, 0.25) is 0 Å². The normalized spacial score (nSPS) is 15.0. The van der Waals surface area contributed by atoms with Crippen LogP contribution in [0.4, 0.5) is 14.7 Å². The van der Waals surface area contributed by atoms with Gasteiger partial charge in [-0.1, -0.05) is 0 Å². The number of aromatic amines is 1. The monoisotopic (exact) mass is 334 g/mol. The first-order valence-corrected chi connectivity index (χ1v) is 7.89. The first kappa shape index (κ1) is 16.6. The van der Waals surface area contributed by atoms with E-state index in [0.717, 1.165) is 17.8 Å². The summed E-state index contributed by atoms with van der Waals surface area (Å²) in [5.41, 5.74) is 1.67. The second-order valence-corrected chi connectivity index (χ2v) is 6.22. The molecule has 1 aliphatic heterocycles. The van der Waals surface area contributed by atoms with Gasteiger partial charge in [-0.05, 0) is 24.6 Å². The minimum Gasteiger partial charge on any atom is -0.348 e. The van der Waals surface area contributed by atoms with Crippen LogP contribution >= 0.6 is 0 Å². The summed E-state index contributed by atoms with van der Waals surface area (Å²) >= 11 is 0. The molecule has 0 unspecified atom stereocenters. The van der Waals surface area contributed by atoms with E-state index < -0.39 is 11.6 Å². The maximum absolute atomic E-state index is 13.8. The number of aromatic nitrogens is 2. The van der Waals surface area contributed by atoms with Crippen LogP contribution in [-0.2, 0) is 19.4 Å². The van der Waals surface area contributed by atoms with Crippen molar-refractivity contribution in [2.75, 3.05) is 32.1 Å². The molecule has 5 nitrogen and oxygen atoms in total. The molecule has 128 valence electrons. The van der Waals surface area contributed by atoms with Crippen LogP contribution < -0.4 is 10.5 Å². The van der Waals surface area contributed by atoms with Crippen molar-refractivity contribution in [2.45, 2.75) is 19.4 Å². The zero-order valence-electron chi connectivity index (χ0n) is 13.8. The number of halogens is 2. The SMILES string of the molecule is CN(C)c1nc2c(c(=O)[nH]1)CCN(Cc1cc(F)ccc1F)CC2. The minimum absolute atomic E-state index is 0.123. The molecule has 24 heavy (non-hydrogen) atoms. The van der Waals surface area contributed by atoms with Gasteiger partial charge in [0.15, 0.2) is 0 Å². The van der Waals surface area contributed by atoms with Gasteiger partial charge in [0.2, 0.25) is 5.95 Å². The Hall–Kier alpha value is -2.28. The molecule has 0 amide bonds. The van der Waals surface area contributed by atoms with Crippen LogP contribution in [0.15, 0.2) is 23.0 Å². The number of nitrogens with zero attached hydrogens (tertiary/aromatic N) is 3. The largest absolute Gasteiger partial charge is 0.348 e. The molecule has 1 N–H and O–H groups in total. The Kier molecular flexibility index (Phi) is 4.62. The van der Waals surface area contributed by atoms with Crippen molar-refractivity contribution >= 4 is 5.95 Å². The van der Waals surface area contributed by atoms with Crippen molar-refractivity contribution in [3.05, 3.63) is 57.0 Å². The highest BCUT2D eigenvalue weighted by atomic mass is 19.1. The molecule has 3 rings (SSSR count). The molecule has 1 aromatic heterocycles. The van der Waals surface area contributed by atoms with Gasteiger partial charge in [0, 0.05) is 51.3 Å². The summed E-state index contributed by atoms with van der Waals surface area (Å²) in [5, 5.41) is 0. The van der Waals surface area contributed by atoms with Gasteiger partial charge in [-0.2, -0.15) is 0 Å². The lowest BCUT2D eigenvalue weighted by atomic mass is 10.1. The molecule has 2 heterocycles. The topological polar surface area (TPSA) is 52.2 Å². The van der Waals surface area contributed by atoms with Crippen LogP contribution in [0.25, 0.3) is 0 Å². The highest BCUT2D eigenvalue weighted by Crippen LogP contribution is 2.17. The van der Waals surface area contributed by atoms with Crippen molar-refractivity contribution in [2.24, 2.45) is 0 Å². The van der Waals surface area contributed by atoms with Gasteiger partial charge in [-0.15, -0.1) is 0 Å². The molecule has 0 bridgehead atoms. The fraction of sp³-hybridized carbons (Fsp3) is 0.412. The minimum atomic E-state index is -0.446. The van der Waals surface area contributed by atoms with Crippen LogP contribution in [-0.4, -0.2) is 42.1 Å². The lowest BCUT2D eigenvalue weighted by Gasteiger charge is -2.19. The molecule has 0 spiro atoms. The van der Waals surface area contributed by atoms with Crippen LogP contribution in [0.5, 0.6) is 0 Å². The summed E-state index contributed by atoms with van der Waals surface area (Å²) in [4.78, 5) is 23.3. The molecular formula is C17H20F2N4O. The zero-order chi connectivity index (χ0) is 17.3. The number of nitrogens with one attached hydrogen (secondary N) is 1. The van der Waals surface area contributed by atoms with E-state index in [1.54, 1.807) is 4.90 Å². The molecular weight excluding hydrogens is 314 g/mol. The Morgan fingerprint density at radius 1 is 1.25 bits per heavy atom. The number of H-pyrrole nitrogens is 1. The number of benzene rings is 1. The Balaban J connectivity index is 1.79. The lowest BCUT2D eigenvalue weighted by molar-refractivity contribution is 0.274. The van der Waals surface area contributed by atoms with E-state index in [1.165, 1.54) is 6.07 Å². The first-order valence-electron chi connectivity index (χ1n) is 7.89. The average Bonchev–Trinajstić information content (AvgIpc) is 2.74. The van der Waals surface area contributed by atoms with Crippen molar-refractivity contribution in [3.8, 4) is 0 Å². The quantitative estimate of drug-likeness (QED) is 0.929. The van der Waals surface area contributed by atoms with Gasteiger partial charge < -0.3 is 4.90 Å². The van der Waals surface area contributed by atoms with Gasteiger partial charge in [0.1, 0.15) is 11.6 Å². The predicted octanol–water partition coefficient (Wildman–Crippen LogP) is 1.71. The third-order valence-corrected chi connectivity index (χ3v) is 4.26. The van der Waals surface area contributed by atoms with Crippen molar-refractivity contribution in [1.29, 1.82) is 0 Å². The summed E-state index contributed by atoms with van der Waals surface area (Å²) < 4.78 is 27.2. The van der Waals surface area contributed by atoms with E-state index in [0.29, 0.717) is 49.6 Å². The maximum Gasteiger partial charge on any atom is 0.255 e. The lowest BCUT2D eigenvalue weighted by Crippen LogP contribution is -2.27. The molecule has 7 heteroatoms. The van der Waals surface area contributed by atoms with E-state index in [4.69, 9.17) is 0 Å². The third kappa shape index (κ3) is 3.46. The highest BCUT2D eigenvalue weighted by molar-refractivity contribution is 5.32. The van der Waals surface area contributed by atoms with E-state index in [2.05, 4.69) is 9.97 Å². The summed E-state index contributed by atoms with van der Waals surface area (Å²) in [7, 11) is 3.64. The molecule has 0 aliphatic carbocycles. The number of hydrogen-bond acceptors (Lipinski definition) is 4. The molecule has 1 aliphatic rings. The zero-order valence-corrected chi connectivity index (χ0v) is 13.8. The Labute approximate surface area is 138 Å². The van der Waals surface area contributed by atoms with Crippen LogP contribution in [0.1, 0.15) is 16.8 Å². The van der Waals surface area contributed by atoms with Crippen LogP contribution in [0.3, 0.4) is 0 Å². The van der Waals surface area contributed by atoms with Gasteiger partial charge in [0.05, 0.1) is 5.69 Å². The molecule has 2 aromatic rings. The summed E-state index contributed by atoms with van der Waals surface area (Å²) in [6, 6.07) is 3.48. The second-order valence-electron chi connectivity index (χ2n) is 6.22. The first-order chi connectivity index (χ1) is 11.4. The number of hydrogen-bond donors (Lipinski definition) is 1. The molecule has 0 saturated heterocycles. The van der Waals surface area contributed by atoms with Gasteiger partial charge in [-0.25, -0.2) is 13.8 Å². The Morgan fingerprint density at radius 2 is 2.00 bits per heavy atom. The van der Waals surface area contributed by atoms with Crippen LogP contribution in [0, 0.1) is 11.6 Å². The Morgan fingerprint density at radius 3 is 2.75 bits per heavy atom. The van der Waals surface area contributed by atoms with E-state index >= 15 is 0 Å².